The molecule has 0 saturated carbocycles. The molecule has 1 atom stereocenters. The van der Waals surface area contributed by atoms with E-state index in [2.05, 4.69) is 5.32 Å². The molecule has 0 radical (unpaired) electrons. The maximum absolute atomic E-state index is 13.4. The second-order valence-electron chi connectivity index (χ2n) is 8.75. The van der Waals surface area contributed by atoms with Crippen molar-refractivity contribution in [1.29, 1.82) is 0 Å². The van der Waals surface area contributed by atoms with E-state index in [0.29, 0.717) is 46.1 Å². The van der Waals surface area contributed by atoms with E-state index in [-0.39, 0.29) is 35.1 Å². The van der Waals surface area contributed by atoms with Crippen molar-refractivity contribution in [2.75, 3.05) is 19.5 Å². The van der Waals surface area contributed by atoms with Gasteiger partial charge in [0.2, 0.25) is 0 Å². The van der Waals surface area contributed by atoms with Crippen LogP contribution in [0.15, 0.2) is 52.4 Å². The number of nitrogens with zero attached hydrogens (tertiary/aromatic N) is 2. The van der Waals surface area contributed by atoms with Crippen LogP contribution in [0.25, 0.3) is 10.9 Å². The van der Waals surface area contributed by atoms with Gasteiger partial charge in [0.25, 0.3) is 11.5 Å². The highest BCUT2D eigenvalue weighted by molar-refractivity contribution is 7.99. The van der Waals surface area contributed by atoms with Gasteiger partial charge >= 0.3 is 0 Å². The van der Waals surface area contributed by atoms with Crippen LogP contribution in [0.3, 0.4) is 0 Å². The Bertz CT molecular complexity index is 1280. The predicted octanol–water partition coefficient (Wildman–Crippen LogP) is 3.70. The van der Waals surface area contributed by atoms with E-state index in [4.69, 9.17) is 14.5 Å². The highest BCUT2D eigenvalue weighted by atomic mass is 32.2. The van der Waals surface area contributed by atoms with Crippen LogP contribution in [0.4, 0.5) is 0 Å². The third kappa shape index (κ3) is 5.91. The standard InChI is InChI=1S/C26H29N3O5S/c1-16(2)27-24(31)18-8-11-21-22(13-18)28-26(29(25(21)32)14-20-5-4-12-34-20)35-15-23(30)17-6-9-19(33-3)10-7-17/h6-11,13,16,20H,4-5,12,14-15H2,1-3H3,(H,27,31)/t20-/m0/s1. The van der Waals surface area contributed by atoms with Gasteiger partial charge < -0.3 is 14.8 Å². The Morgan fingerprint density at radius 1 is 1.20 bits per heavy atom. The summed E-state index contributed by atoms with van der Waals surface area (Å²) in [7, 11) is 1.57. The Balaban J connectivity index is 1.66. The van der Waals surface area contributed by atoms with E-state index in [0.717, 1.165) is 12.8 Å². The number of amides is 1. The van der Waals surface area contributed by atoms with Gasteiger partial charge in [-0.25, -0.2) is 4.98 Å². The van der Waals surface area contributed by atoms with E-state index in [1.807, 2.05) is 13.8 Å². The first-order valence-corrected chi connectivity index (χ1v) is 12.6. The second kappa shape index (κ2) is 11.0. The lowest BCUT2D eigenvalue weighted by atomic mass is 10.1. The van der Waals surface area contributed by atoms with Crippen LogP contribution >= 0.6 is 11.8 Å². The highest BCUT2D eigenvalue weighted by Gasteiger charge is 2.21. The molecule has 1 amide bonds. The quantitative estimate of drug-likeness (QED) is 0.275. The van der Waals surface area contributed by atoms with Gasteiger partial charge in [0.15, 0.2) is 10.9 Å². The summed E-state index contributed by atoms with van der Waals surface area (Å²) in [4.78, 5) is 43.4. The Kier molecular flexibility index (Phi) is 7.87. The zero-order chi connectivity index (χ0) is 24.9. The normalized spacial score (nSPS) is 15.5. The number of carbonyl (C=O) groups is 2. The van der Waals surface area contributed by atoms with Crippen molar-refractivity contribution in [3.8, 4) is 5.75 Å². The van der Waals surface area contributed by atoms with Crippen molar-refractivity contribution in [2.45, 2.75) is 50.5 Å². The summed E-state index contributed by atoms with van der Waals surface area (Å²) in [5.74, 6) is 0.480. The predicted molar refractivity (Wildman–Crippen MR) is 136 cm³/mol. The van der Waals surface area contributed by atoms with Crippen molar-refractivity contribution in [3.63, 3.8) is 0 Å². The van der Waals surface area contributed by atoms with Gasteiger partial charge in [-0.1, -0.05) is 11.8 Å². The molecule has 2 heterocycles. The monoisotopic (exact) mass is 495 g/mol. The lowest BCUT2D eigenvalue weighted by Gasteiger charge is -2.17. The number of fused-ring (bicyclic) bond motifs is 1. The number of hydrogen-bond donors (Lipinski definition) is 1. The van der Waals surface area contributed by atoms with Crippen LogP contribution in [-0.4, -0.2) is 52.9 Å². The summed E-state index contributed by atoms with van der Waals surface area (Å²) in [5.41, 5.74) is 1.20. The molecule has 2 aromatic carbocycles. The molecule has 35 heavy (non-hydrogen) atoms. The third-order valence-corrected chi connectivity index (χ3v) is 6.73. The number of methoxy groups -OCH3 is 1. The minimum atomic E-state index is -0.226. The summed E-state index contributed by atoms with van der Waals surface area (Å²) in [5, 5.41) is 3.71. The van der Waals surface area contributed by atoms with E-state index in [9.17, 15) is 14.4 Å². The molecular formula is C26H29N3O5S. The van der Waals surface area contributed by atoms with Gasteiger partial charge in [-0.2, -0.15) is 0 Å². The molecule has 1 aliphatic rings. The van der Waals surface area contributed by atoms with E-state index in [1.54, 1.807) is 54.1 Å². The van der Waals surface area contributed by atoms with Gasteiger partial charge in [0, 0.05) is 23.8 Å². The smallest absolute Gasteiger partial charge is 0.262 e. The number of rotatable bonds is 9. The fourth-order valence-corrected chi connectivity index (χ4v) is 4.84. The van der Waals surface area contributed by atoms with Crippen LogP contribution in [0.1, 0.15) is 47.4 Å². The Labute approximate surface area is 208 Å². The van der Waals surface area contributed by atoms with Crippen LogP contribution in [0.5, 0.6) is 5.75 Å². The van der Waals surface area contributed by atoms with Crippen LogP contribution in [-0.2, 0) is 11.3 Å². The maximum atomic E-state index is 13.4. The molecule has 8 nitrogen and oxygen atoms in total. The molecular weight excluding hydrogens is 466 g/mol. The zero-order valence-electron chi connectivity index (χ0n) is 20.1. The van der Waals surface area contributed by atoms with Crippen molar-refractivity contribution in [1.82, 2.24) is 14.9 Å². The first-order valence-electron chi connectivity index (χ1n) is 11.6. The molecule has 0 unspecified atom stereocenters. The number of nitrogens with one attached hydrogen (secondary N) is 1. The minimum absolute atomic E-state index is 0.0133. The van der Waals surface area contributed by atoms with Crippen LogP contribution in [0, 0.1) is 0 Å². The number of thioether (sulfide) groups is 1. The molecule has 1 aromatic heterocycles. The van der Waals surface area contributed by atoms with Gasteiger partial charge in [-0.15, -0.1) is 0 Å². The number of ether oxygens (including phenoxy) is 2. The molecule has 0 spiro atoms. The van der Waals surface area contributed by atoms with Gasteiger partial charge in [0.05, 0.1) is 36.4 Å². The molecule has 0 bridgehead atoms. The summed E-state index contributed by atoms with van der Waals surface area (Å²) in [6.45, 7) is 4.81. The molecule has 0 aliphatic carbocycles. The number of hydrogen-bond acceptors (Lipinski definition) is 7. The van der Waals surface area contributed by atoms with Crippen molar-refractivity contribution < 1.29 is 19.1 Å². The minimum Gasteiger partial charge on any atom is -0.497 e. The summed E-state index contributed by atoms with van der Waals surface area (Å²) < 4.78 is 12.5. The number of ketones is 1. The second-order valence-corrected chi connectivity index (χ2v) is 9.69. The number of aromatic nitrogens is 2. The van der Waals surface area contributed by atoms with Crippen LogP contribution in [0.2, 0.25) is 0 Å². The van der Waals surface area contributed by atoms with Gasteiger partial charge in [-0.05, 0) is 69.2 Å². The largest absolute Gasteiger partial charge is 0.497 e. The molecule has 1 N–H and O–H groups in total. The Morgan fingerprint density at radius 2 is 1.94 bits per heavy atom. The number of carbonyl (C=O) groups excluding carboxylic acids is 2. The highest BCUT2D eigenvalue weighted by Crippen LogP contribution is 2.23. The molecule has 4 rings (SSSR count). The SMILES string of the molecule is COc1ccc(C(=O)CSc2nc3cc(C(=O)NC(C)C)ccc3c(=O)n2C[C@@H]2CCCO2)cc1. The van der Waals surface area contributed by atoms with E-state index in [1.165, 1.54) is 11.8 Å². The van der Waals surface area contributed by atoms with Gasteiger partial charge in [-0.3, -0.25) is 19.0 Å². The zero-order valence-corrected chi connectivity index (χ0v) is 20.9. The molecule has 1 aliphatic heterocycles. The summed E-state index contributed by atoms with van der Waals surface area (Å²) in [6, 6.07) is 11.8. The fourth-order valence-electron chi connectivity index (χ4n) is 3.94. The van der Waals surface area contributed by atoms with Crippen molar-refractivity contribution >= 4 is 34.4 Å². The number of benzene rings is 2. The fraction of sp³-hybridized carbons (Fsp3) is 0.385. The third-order valence-electron chi connectivity index (χ3n) is 5.76. The van der Waals surface area contributed by atoms with Crippen molar-refractivity contribution in [2.24, 2.45) is 0 Å². The lowest BCUT2D eigenvalue weighted by Crippen LogP contribution is -2.31. The number of Topliss-reactive ketones (excluding diaryl/α,β-unsaturated/α-hetero) is 1. The average molecular weight is 496 g/mol. The first-order chi connectivity index (χ1) is 16.9. The summed E-state index contributed by atoms with van der Waals surface area (Å²) >= 11 is 1.21. The topological polar surface area (TPSA) is 99.5 Å². The maximum Gasteiger partial charge on any atom is 0.262 e. The van der Waals surface area contributed by atoms with Crippen molar-refractivity contribution in [3.05, 3.63) is 63.9 Å². The van der Waals surface area contributed by atoms with E-state index >= 15 is 0 Å². The molecule has 9 heteroatoms. The molecule has 1 fully saturated rings. The Hall–Kier alpha value is -3.17. The van der Waals surface area contributed by atoms with E-state index < -0.39 is 0 Å². The Morgan fingerprint density at radius 3 is 2.60 bits per heavy atom. The first kappa shape index (κ1) is 24.9. The molecule has 3 aromatic rings. The van der Waals surface area contributed by atoms with Gasteiger partial charge in [0.1, 0.15) is 5.75 Å². The van der Waals surface area contributed by atoms with Crippen LogP contribution < -0.4 is 15.6 Å². The molecule has 1 saturated heterocycles. The molecule has 184 valence electrons. The summed E-state index contributed by atoms with van der Waals surface area (Å²) in [6.07, 6.45) is 1.75. The lowest BCUT2D eigenvalue weighted by molar-refractivity contribution is 0.0936. The average Bonchev–Trinajstić information content (AvgIpc) is 3.37.